The number of unbranched alkanes of at least 4 members (excludes halogenated alkanes) is 3. The molecule has 0 atom stereocenters. The fraction of sp³-hybridized carbons (Fsp3) is 0.316. The number of aliphatic hydroxyl groups is 1. The first-order chi connectivity index (χ1) is 11.7. The molecule has 0 spiro atoms. The molecule has 2 rings (SSSR count). The molecular weight excluding hydrogens is 345 g/mol. The van der Waals surface area contributed by atoms with E-state index in [1.807, 2.05) is 36.4 Å². The van der Waals surface area contributed by atoms with Crippen molar-refractivity contribution in [3.8, 4) is 11.1 Å². The van der Waals surface area contributed by atoms with E-state index in [2.05, 4.69) is 5.16 Å². The van der Waals surface area contributed by atoms with Gasteiger partial charge in [-0.1, -0.05) is 71.5 Å². The molecule has 0 aliphatic heterocycles. The Morgan fingerprint density at radius 2 is 1.62 bits per heavy atom. The number of hydrogen-bond acceptors (Lipinski definition) is 3. The predicted molar refractivity (Wildman–Crippen MR) is 100 cm³/mol. The maximum absolute atomic E-state index is 9.26. The molecule has 0 heterocycles. The van der Waals surface area contributed by atoms with Crippen molar-refractivity contribution in [2.24, 2.45) is 5.16 Å². The van der Waals surface area contributed by atoms with Gasteiger partial charge in [0, 0.05) is 22.2 Å². The summed E-state index contributed by atoms with van der Waals surface area (Å²) < 4.78 is 0. The van der Waals surface area contributed by atoms with Crippen LogP contribution in [0, 0.1) is 0 Å². The van der Waals surface area contributed by atoms with Gasteiger partial charge >= 0.3 is 0 Å². The Morgan fingerprint density at radius 1 is 0.917 bits per heavy atom. The maximum atomic E-state index is 9.26. The fourth-order valence-electron chi connectivity index (χ4n) is 2.58. The number of rotatable bonds is 8. The number of nitrogens with zero attached hydrogens (tertiary/aromatic N) is 1. The van der Waals surface area contributed by atoms with Gasteiger partial charge in [-0.15, -0.1) is 0 Å². The molecule has 0 radical (unpaired) electrons. The average Bonchev–Trinajstić information content (AvgIpc) is 2.59. The summed E-state index contributed by atoms with van der Waals surface area (Å²) in [4.78, 5) is 0. The van der Waals surface area contributed by atoms with E-state index in [0.717, 1.165) is 42.4 Å². The number of halogens is 2. The van der Waals surface area contributed by atoms with Crippen LogP contribution in [-0.4, -0.2) is 22.6 Å². The smallest absolute Gasteiger partial charge is 0.0867 e. The summed E-state index contributed by atoms with van der Waals surface area (Å²) in [6.45, 7) is 0.232. The van der Waals surface area contributed by atoms with Crippen LogP contribution in [0.15, 0.2) is 47.6 Å². The van der Waals surface area contributed by atoms with E-state index in [4.69, 9.17) is 28.3 Å². The quantitative estimate of drug-likeness (QED) is 0.269. The molecule has 0 saturated heterocycles. The van der Waals surface area contributed by atoms with E-state index in [9.17, 15) is 5.21 Å². The first-order valence-electron chi connectivity index (χ1n) is 8.03. The highest BCUT2D eigenvalue weighted by molar-refractivity contribution is 6.36. The number of oxime groups is 1. The van der Waals surface area contributed by atoms with Gasteiger partial charge in [0.2, 0.25) is 0 Å². The van der Waals surface area contributed by atoms with E-state index >= 15 is 0 Å². The molecule has 0 saturated carbocycles. The average molecular weight is 366 g/mol. The summed E-state index contributed by atoms with van der Waals surface area (Å²) in [5.74, 6) is 0. The zero-order valence-electron chi connectivity index (χ0n) is 13.4. The van der Waals surface area contributed by atoms with Crippen molar-refractivity contribution in [2.45, 2.75) is 32.1 Å². The summed E-state index contributed by atoms with van der Waals surface area (Å²) in [7, 11) is 0. The Kier molecular flexibility index (Phi) is 7.57. The molecular formula is C19H21Cl2NO2. The minimum atomic E-state index is 0.232. The van der Waals surface area contributed by atoms with Crippen LogP contribution >= 0.6 is 23.2 Å². The van der Waals surface area contributed by atoms with Gasteiger partial charge in [-0.05, 0) is 42.5 Å². The molecule has 0 unspecified atom stereocenters. The monoisotopic (exact) mass is 365 g/mol. The summed E-state index contributed by atoms with van der Waals surface area (Å²) in [6.07, 6.45) is 4.47. The molecule has 2 aromatic carbocycles. The van der Waals surface area contributed by atoms with Crippen molar-refractivity contribution in [3.05, 3.63) is 58.1 Å². The molecule has 5 heteroatoms. The summed E-state index contributed by atoms with van der Waals surface area (Å²) in [6, 6.07) is 13.2. The van der Waals surface area contributed by atoms with Crippen LogP contribution in [-0.2, 0) is 0 Å². The van der Waals surface area contributed by atoms with Gasteiger partial charge in [0.05, 0.1) is 5.71 Å². The molecule has 2 N–H and O–H groups in total. The van der Waals surface area contributed by atoms with Crippen LogP contribution in [0.1, 0.15) is 37.7 Å². The minimum absolute atomic E-state index is 0.232. The lowest BCUT2D eigenvalue weighted by Gasteiger charge is -2.08. The van der Waals surface area contributed by atoms with E-state index < -0.39 is 0 Å². The van der Waals surface area contributed by atoms with E-state index in [0.29, 0.717) is 22.2 Å². The number of benzene rings is 2. The van der Waals surface area contributed by atoms with Gasteiger partial charge in [-0.25, -0.2) is 0 Å². The molecule has 0 bridgehead atoms. The maximum Gasteiger partial charge on any atom is 0.0867 e. The Bertz CT molecular complexity index is 684. The fourth-order valence-corrected chi connectivity index (χ4v) is 3.09. The molecule has 0 fully saturated rings. The highest BCUT2D eigenvalue weighted by Gasteiger charge is 2.08. The third-order valence-electron chi connectivity index (χ3n) is 3.90. The Labute approximate surface area is 152 Å². The van der Waals surface area contributed by atoms with Crippen LogP contribution in [0.5, 0.6) is 0 Å². The Balaban J connectivity index is 2.04. The topological polar surface area (TPSA) is 52.8 Å². The second-order valence-corrected chi connectivity index (χ2v) is 6.48. The molecule has 3 nitrogen and oxygen atoms in total. The molecule has 128 valence electrons. The summed E-state index contributed by atoms with van der Waals surface area (Å²) >= 11 is 12.2. The van der Waals surface area contributed by atoms with Gasteiger partial charge < -0.3 is 10.3 Å². The van der Waals surface area contributed by atoms with Crippen LogP contribution in [0.3, 0.4) is 0 Å². The van der Waals surface area contributed by atoms with E-state index in [1.54, 1.807) is 6.07 Å². The van der Waals surface area contributed by atoms with E-state index in [-0.39, 0.29) is 6.61 Å². The third-order valence-corrected chi connectivity index (χ3v) is 4.45. The lowest BCUT2D eigenvalue weighted by atomic mass is 9.99. The molecule has 0 aliphatic carbocycles. The van der Waals surface area contributed by atoms with Crippen LogP contribution in [0.2, 0.25) is 10.0 Å². The van der Waals surface area contributed by atoms with Gasteiger partial charge in [0.1, 0.15) is 0 Å². The SMILES string of the molecule is OCCCCCC/C(=N/O)c1ccc(-c2ccc(Cl)cc2Cl)cc1. The first-order valence-corrected chi connectivity index (χ1v) is 8.79. The molecule has 0 aromatic heterocycles. The van der Waals surface area contributed by atoms with Crippen molar-refractivity contribution in [2.75, 3.05) is 6.61 Å². The predicted octanol–water partition coefficient (Wildman–Crippen LogP) is 5.78. The van der Waals surface area contributed by atoms with Crippen molar-refractivity contribution >= 4 is 28.9 Å². The highest BCUT2D eigenvalue weighted by Crippen LogP contribution is 2.30. The van der Waals surface area contributed by atoms with Crippen molar-refractivity contribution in [1.82, 2.24) is 0 Å². The van der Waals surface area contributed by atoms with Gasteiger partial charge in [0.15, 0.2) is 0 Å². The Morgan fingerprint density at radius 3 is 2.25 bits per heavy atom. The van der Waals surface area contributed by atoms with Gasteiger partial charge in [-0.3, -0.25) is 0 Å². The van der Waals surface area contributed by atoms with E-state index in [1.165, 1.54) is 0 Å². The highest BCUT2D eigenvalue weighted by atomic mass is 35.5. The van der Waals surface area contributed by atoms with Gasteiger partial charge in [0.25, 0.3) is 0 Å². The lowest BCUT2D eigenvalue weighted by Crippen LogP contribution is -2.01. The largest absolute Gasteiger partial charge is 0.411 e. The zero-order valence-corrected chi connectivity index (χ0v) is 14.9. The van der Waals surface area contributed by atoms with Crippen molar-refractivity contribution < 1.29 is 10.3 Å². The third kappa shape index (κ3) is 5.23. The van der Waals surface area contributed by atoms with Crippen LogP contribution < -0.4 is 0 Å². The zero-order chi connectivity index (χ0) is 17.4. The number of aliphatic hydroxyl groups excluding tert-OH is 1. The molecule has 0 amide bonds. The standard InChI is InChI=1S/C19H21Cl2NO2/c20-16-10-11-17(18(21)13-16)14-6-8-15(9-7-14)19(22-24)5-3-1-2-4-12-23/h6-11,13,23-24H,1-5,12H2/b22-19-. The summed E-state index contributed by atoms with van der Waals surface area (Å²) in [5, 5.41) is 22.7. The molecule has 2 aromatic rings. The van der Waals surface area contributed by atoms with Crippen molar-refractivity contribution in [3.63, 3.8) is 0 Å². The van der Waals surface area contributed by atoms with Crippen LogP contribution in [0.4, 0.5) is 0 Å². The number of hydrogen-bond donors (Lipinski definition) is 2. The molecule has 0 aliphatic rings. The van der Waals surface area contributed by atoms with Gasteiger partial charge in [-0.2, -0.15) is 0 Å². The normalized spacial score (nSPS) is 11.7. The summed E-state index contributed by atoms with van der Waals surface area (Å²) in [5.41, 5.74) is 3.47. The van der Waals surface area contributed by atoms with Crippen molar-refractivity contribution in [1.29, 1.82) is 0 Å². The lowest BCUT2D eigenvalue weighted by molar-refractivity contribution is 0.282. The first kappa shape index (κ1) is 18.8. The second kappa shape index (κ2) is 9.67. The minimum Gasteiger partial charge on any atom is -0.411 e. The van der Waals surface area contributed by atoms with Crippen LogP contribution in [0.25, 0.3) is 11.1 Å². The molecule has 24 heavy (non-hydrogen) atoms. The second-order valence-electron chi connectivity index (χ2n) is 5.64. The Hall–Kier alpha value is -1.55.